The van der Waals surface area contributed by atoms with Gasteiger partial charge in [0.1, 0.15) is 6.54 Å². The second kappa shape index (κ2) is 13.4. The average molecular weight is 604 g/mol. The number of nitrogens with one attached hydrogen (secondary N) is 2. The van der Waals surface area contributed by atoms with Gasteiger partial charge >= 0.3 is 18.1 Å². The molecule has 222 valence electrons. The molecule has 2 aromatic rings. The molecule has 1 aliphatic heterocycles. The Balaban J connectivity index is 2.06. The van der Waals surface area contributed by atoms with Crippen LogP contribution in [0.2, 0.25) is 0 Å². The smallest absolute Gasteiger partial charge is 0.386 e. The quantitative estimate of drug-likeness (QED) is 0.0951. The first kappa shape index (κ1) is 32.0. The van der Waals surface area contributed by atoms with Crippen molar-refractivity contribution >= 4 is 48.0 Å². The Morgan fingerprint density at radius 3 is 2.43 bits per heavy atom. The molecule has 0 bridgehead atoms. The zero-order valence-electron chi connectivity index (χ0n) is 22.6. The molecule has 4 N–H and O–H groups in total. The molecule has 2 unspecified atom stereocenters. The van der Waals surface area contributed by atoms with E-state index in [0.717, 1.165) is 4.90 Å². The summed E-state index contributed by atoms with van der Waals surface area (Å²) in [7, 11) is 0. The lowest BCUT2D eigenvalue weighted by atomic mass is 10.00. The molecule has 1 heterocycles. The number of guanidine groups is 1. The predicted molar refractivity (Wildman–Crippen MR) is 151 cm³/mol. The number of benzene rings is 2. The summed E-state index contributed by atoms with van der Waals surface area (Å²) in [6.45, 7) is 3.17. The van der Waals surface area contributed by atoms with Gasteiger partial charge in [-0.1, -0.05) is 42.2 Å². The lowest BCUT2D eigenvalue weighted by Gasteiger charge is -2.30. The van der Waals surface area contributed by atoms with Gasteiger partial charge in [0.05, 0.1) is 29.0 Å². The predicted octanol–water partition coefficient (Wildman–Crippen LogP) is 2.78. The number of nitrogens with zero attached hydrogens (tertiary/aromatic N) is 2. The van der Waals surface area contributed by atoms with Gasteiger partial charge in [-0.3, -0.25) is 19.8 Å². The second-order valence-corrected chi connectivity index (χ2v) is 10.1. The SMILES string of the molecule is CC(C)N1C(=O)CN(C(CC(=O)OC(=O)C(F)(F)F)c2ccccc2)C(=O)c2cc(C#CC(S)CNC(=N)N)ccc21. The first-order valence-electron chi connectivity index (χ1n) is 12.6. The Kier molecular flexibility index (Phi) is 10.2. The van der Waals surface area contributed by atoms with Crippen molar-refractivity contribution in [3.63, 3.8) is 0 Å². The molecule has 42 heavy (non-hydrogen) atoms. The third-order valence-electron chi connectivity index (χ3n) is 6.07. The van der Waals surface area contributed by atoms with E-state index in [0.29, 0.717) is 11.1 Å². The fourth-order valence-electron chi connectivity index (χ4n) is 4.26. The van der Waals surface area contributed by atoms with E-state index in [2.05, 4.69) is 34.5 Å². The number of carbonyl (C=O) groups is 4. The summed E-state index contributed by atoms with van der Waals surface area (Å²) in [5.41, 5.74) is 6.36. The number of esters is 2. The largest absolute Gasteiger partial charge is 0.491 e. The molecule has 1 aliphatic rings. The summed E-state index contributed by atoms with van der Waals surface area (Å²) in [5, 5.41) is 9.32. The number of carbonyl (C=O) groups excluding carboxylic acids is 4. The highest BCUT2D eigenvalue weighted by atomic mass is 32.1. The Bertz CT molecular complexity index is 1440. The van der Waals surface area contributed by atoms with Gasteiger partial charge in [-0.05, 0) is 37.6 Å². The van der Waals surface area contributed by atoms with Crippen molar-refractivity contribution in [1.29, 1.82) is 5.41 Å². The minimum absolute atomic E-state index is 0.0691. The molecule has 10 nitrogen and oxygen atoms in total. The molecule has 2 atom stereocenters. The van der Waals surface area contributed by atoms with Crippen LogP contribution < -0.4 is 16.0 Å². The van der Waals surface area contributed by atoms with Crippen LogP contribution in [0.25, 0.3) is 0 Å². The van der Waals surface area contributed by atoms with Crippen molar-refractivity contribution in [1.82, 2.24) is 10.2 Å². The number of rotatable bonds is 7. The number of thiol groups is 1. The number of hydrogen-bond donors (Lipinski definition) is 4. The average Bonchev–Trinajstić information content (AvgIpc) is 3.02. The molecule has 0 saturated heterocycles. The lowest BCUT2D eigenvalue weighted by molar-refractivity contribution is -0.202. The summed E-state index contributed by atoms with van der Waals surface area (Å²) < 4.78 is 42.2. The molecule has 0 radical (unpaired) electrons. The van der Waals surface area contributed by atoms with Crippen LogP contribution in [0.15, 0.2) is 48.5 Å². The number of alkyl halides is 3. The zero-order valence-corrected chi connectivity index (χ0v) is 23.5. The van der Waals surface area contributed by atoms with Crippen LogP contribution in [0.5, 0.6) is 0 Å². The normalized spacial score (nSPS) is 14.7. The highest BCUT2D eigenvalue weighted by Gasteiger charge is 2.43. The number of hydrogen-bond acceptors (Lipinski definition) is 7. The van der Waals surface area contributed by atoms with Gasteiger partial charge in [-0.15, -0.1) is 0 Å². The summed E-state index contributed by atoms with van der Waals surface area (Å²) in [4.78, 5) is 53.8. The first-order valence-corrected chi connectivity index (χ1v) is 13.1. The minimum atomic E-state index is -5.39. The van der Waals surface area contributed by atoms with Gasteiger partial charge in [0.25, 0.3) is 5.91 Å². The number of nitrogens with two attached hydrogens (primary N) is 1. The van der Waals surface area contributed by atoms with E-state index in [4.69, 9.17) is 11.1 Å². The summed E-state index contributed by atoms with van der Waals surface area (Å²) >= 11 is 4.32. The van der Waals surface area contributed by atoms with Crippen LogP contribution >= 0.6 is 12.6 Å². The van der Waals surface area contributed by atoms with Crippen molar-refractivity contribution in [2.75, 3.05) is 18.0 Å². The number of ether oxygens (including phenoxy) is 1. The van der Waals surface area contributed by atoms with E-state index < -0.39 is 54.2 Å². The molecule has 2 aromatic carbocycles. The number of fused-ring (bicyclic) bond motifs is 1. The molecule has 2 amide bonds. The zero-order chi connectivity index (χ0) is 31.2. The first-order chi connectivity index (χ1) is 19.7. The van der Waals surface area contributed by atoms with E-state index in [-0.39, 0.29) is 29.8 Å². The molecular weight excluding hydrogens is 575 g/mol. The van der Waals surface area contributed by atoms with Crippen LogP contribution in [0.1, 0.15) is 47.8 Å². The maximum absolute atomic E-state index is 14.0. The Morgan fingerprint density at radius 1 is 1.17 bits per heavy atom. The van der Waals surface area contributed by atoms with Crippen LogP contribution in [-0.2, 0) is 19.1 Å². The van der Waals surface area contributed by atoms with Crippen LogP contribution in [-0.4, -0.2) is 65.2 Å². The van der Waals surface area contributed by atoms with E-state index in [1.807, 2.05) is 0 Å². The van der Waals surface area contributed by atoms with Gasteiger partial charge in [-0.2, -0.15) is 25.8 Å². The standard InChI is InChI=1S/C28H28F3N5O5S/c1-16(2)36-21-11-9-17(8-10-19(42)14-34-27(32)33)12-20(21)25(39)35(15-23(36)37)22(18-6-4-3-5-7-18)13-24(38)41-26(40)28(29,30)31/h3-7,9,11-12,16,19,22,42H,13-15H2,1-2H3,(H4,32,33,34). The van der Waals surface area contributed by atoms with Gasteiger partial charge in [0.15, 0.2) is 5.96 Å². The van der Waals surface area contributed by atoms with Gasteiger partial charge in [-0.25, -0.2) is 4.79 Å². The highest BCUT2D eigenvalue weighted by molar-refractivity contribution is 7.81. The maximum Gasteiger partial charge on any atom is 0.491 e. The van der Waals surface area contributed by atoms with Crippen molar-refractivity contribution in [3.8, 4) is 11.8 Å². The van der Waals surface area contributed by atoms with E-state index in [1.54, 1.807) is 44.2 Å². The molecule has 3 rings (SSSR count). The van der Waals surface area contributed by atoms with Crippen LogP contribution in [0.4, 0.5) is 18.9 Å². The molecule has 0 aliphatic carbocycles. The molecule has 0 spiro atoms. The van der Waals surface area contributed by atoms with Crippen LogP contribution in [0, 0.1) is 17.3 Å². The lowest BCUT2D eigenvalue weighted by Crippen LogP contribution is -2.44. The molecule has 0 aromatic heterocycles. The Labute approximate surface area is 245 Å². The summed E-state index contributed by atoms with van der Waals surface area (Å²) in [5.74, 6) is 0.118. The monoisotopic (exact) mass is 603 g/mol. The molecule has 0 saturated carbocycles. The molecule has 14 heteroatoms. The van der Waals surface area contributed by atoms with Crippen molar-refractivity contribution in [2.45, 2.75) is 43.8 Å². The number of halogens is 3. The van der Waals surface area contributed by atoms with Crippen molar-refractivity contribution in [3.05, 3.63) is 65.2 Å². The second-order valence-electron chi connectivity index (χ2n) is 9.49. The van der Waals surface area contributed by atoms with E-state index >= 15 is 0 Å². The molecule has 0 fully saturated rings. The minimum Gasteiger partial charge on any atom is -0.386 e. The fraction of sp³-hybridized carbons (Fsp3) is 0.321. The topological polar surface area (TPSA) is 146 Å². The van der Waals surface area contributed by atoms with Gasteiger partial charge < -0.3 is 25.6 Å². The van der Waals surface area contributed by atoms with E-state index in [9.17, 15) is 32.3 Å². The fourth-order valence-corrected chi connectivity index (χ4v) is 4.42. The third-order valence-corrected chi connectivity index (χ3v) is 6.38. The Hall–Kier alpha value is -4.51. The van der Waals surface area contributed by atoms with Crippen molar-refractivity contribution < 1.29 is 37.1 Å². The highest BCUT2D eigenvalue weighted by Crippen LogP contribution is 2.34. The van der Waals surface area contributed by atoms with Gasteiger partial charge in [0, 0.05) is 18.2 Å². The maximum atomic E-state index is 14.0. The summed E-state index contributed by atoms with van der Waals surface area (Å²) in [6, 6.07) is 10.9. The van der Waals surface area contributed by atoms with Crippen LogP contribution in [0.3, 0.4) is 0 Å². The van der Waals surface area contributed by atoms with Gasteiger partial charge in [0.2, 0.25) is 5.91 Å². The molecular formula is C28H28F3N5O5S. The van der Waals surface area contributed by atoms with E-state index in [1.165, 1.54) is 23.1 Å². The van der Waals surface area contributed by atoms with Crippen molar-refractivity contribution in [2.24, 2.45) is 5.73 Å². The number of amides is 2. The summed E-state index contributed by atoms with van der Waals surface area (Å²) in [6.07, 6.45) is -6.22. The Morgan fingerprint density at radius 2 is 1.83 bits per heavy atom. The third kappa shape index (κ3) is 8.03. The number of anilines is 1.